The highest BCUT2D eigenvalue weighted by Gasteiger charge is 2.10. The lowest BCUT2D eigenvalue weighted by Gasteiger charge is -2.09. The van der Waals surface area contributed by atoms with Gasteiger partial charge in [-0.05, 0) is 42.0 Å². The maximum Gasteiger partial charge on any atom is 0.261 e. The number of nitrogens with zero attached hydrogens (tertiary/aromatic N) is 5. The number of hydrogen-bond acceptors (Lipinski definition) is 5. The smallest absolute Gasteiger partial charge is 0.261 e. The summed E-state index contributed by atoms with van der Waals surface area (Å²) in [6.07, 6.45) is 4.68. The summed E-state index contributed by atoms with van der Waals surface area (Å²) >= 11 is 0. The van der Waals surface area contributed by atoms with Crippen LogP contribution in [-0.4, -0.2) is 30.0 Å². The monoisotopic (exact) mass is 428 g/mol. The van der Waals surface area contributed by atoms with Crippen molar-refractivity contribution in [3.8, 4) is 5.82 Å². The van der Waals surface area contributed by atoms with Crippen LogP contribution in [-0.2, 0) is 17.9 Å². The van der Waals surface area contributed by atoms with Gasteiger partial charge in [0.05, 0.1) is 28.3 Å². The molecule has 32 heavy (non-hydrogen) atoms. The topological polar surface area (TPSA) is 94.7 Å². The highest BCUT2D eigenvalue weighted by Crippen LogP contribution is 2.16. The van der Waals surface area contributed by atoms with Gasteiger partial charge in [-0.25, -0.2) is 19.3 Å². The number of pyridine rings is 1. The second-order valence-electron chi connectivity index (χ2n) is 7.24. The third kappa shape index (κ3) is 3.71. The number of nitrogens with one attached hydrogen (secondary N) is 1. The first kappa shape index (κ1) is 19.6. The summed E-state index contributed by atoms with van der Waals surface area (Å²) in [5.41, 5.74) is 2.55. The Labute approximate surface area is 181 Å². The number of aromatic nitrogens is 5. The van der Waals surface area contributed by atoms with Gasteiger partial charge in [-0.3, -0.25) is 18.7 Å². The Morgan fingerprint density at radius 3 is 2.66 bits per heavy atom. The first-order chi connectivity index (χ1) is 15.6. The number of carbonyl (C=O) groups is 1. The minimum Gasteiger partial charge on any atom is -0.350 e. The number of halogens is 1. The van der Waals surface area contributed by atoms with Gasteiger partial charge in [-0.1, -0.05) is 18.2 Å². The quantitative estimate of drug-likeness (QED) is 0.464. The van der Waals surface area contributed by atoms with Gasteiger partial charge in [-0.2, -0.15) is 0 Å². The van der Waals surface area contributed by atoms with E-state index in [1.807, 2.05) is 41.0 Å². The van der Waals surface area contributed by atoms with Crippen LogP contribution in [0.5, 0.6) is 0 Å². The molecule has 5 aromatic rings. The molecule has 0 bridgehead atoms. The Morgan fingerprint density at radius 2 is 1.81 bits per heavy atom. The van der Waals surface area contributed by atoms with Gasteiger partial charge in [0.1, 0.15) is 24.5 Å². The fraction of sp³-hybridized carbons (Fsp3) is 0.0870. The third-order valence-corrected chi connectivity index (χ3v) is 5.10. The predicted octanol–water partition coefficient (Wildman–Crippen LogP) is 2.59. The van der Waals surface area contributed by atoms with Crippen molar-refractivity contribution in [2.75, 3.05) is 0 Å². The molecule has 0 aliphatic rings. The summed E-state index contributed by atoms with van der Waals surface area (Å²) in [7, 11) is 0. The molecule has 0 aliphatic heterocycles. The highest BCUT2D eigenvalue weighted by atomic mass is 19.1. The predicted molar refractivity (Wildman–Crippen MR) is 117 cm³/mol. The van der Waals surface area contributed by atoms with Gasteiger partial charge >= 0.3 is 0 Å². The van der Waals surface area contributed by atoms with E-state index in [0.717, 1.165) is 33.0 Å². The first-order valence-corrected chi connectivity index (χ1v) is 9.87. The molecule has 0 fully saturated rings. The number of para-hydroxylation sites is 2. The van der Waals surface area contributed by atoms with Gasteiger partial charge in [0.25, 0.3) is 5.56 Å². The summed E-state index contributed by atoms with van der Waals surface area (Å²) in [5, 5.41) is 2.89. The van der Waals surface area contributed by atoms with Crippen LogP contribution < -0.4 is 10.9 Å². The van der Waals surface area contributed by atoms with Crippen molar-refractivity contribution in [1.29, 1.82) is 0 Å². The van der Waals surface area contributed by atoms with E-state index in [1.54, 1.807) is 12.5 Å². The lowest BCUT2D eigenvalue weighted by molar-refractivity contribution is -0.121. The minimum absolute atomic E-state index is 0.132. The maximum atomic E-state index is 13.4. The van der Waals surface area contributed by atoms with Gasteiger partial charge in [0, 0.05) is 12.7 Å². The molecule has 158 valence electrons. The molecule has 0 saturated heterocycles. The molecule has 1 N–H and O–H groups in total. The van der Waals surface area contributed by atoms with Crippen molar-refractivity contribution in [2.24, 2.45) is 0 Å². The van der Waals surface area contributed by atoms with Crippen LogP contribution in [0.15, 0.2) is 78.2 Å². The molecule has 3 heterocycles. The number of benzene rings is 2. The summed E-state index contributed by atoms with van der Waals surface area (Å²) in [6.45, 7) is 0.0337. The van der Waals surface area contributed by atoms with Gasteiger partial charge in [0.2, 0.25) is 5.91 Å². The number of fused-ring (bicyclic) bond motifs is 2. The van der Waals surface area contributed by atoms with E-state index in [1.165, 1.54) is 18.5 Å². The van der Waals surface area contributed by atoms with E-state index in [4.69, 9.17) is 0 Å². The largest absolute Gasteiger partial charge is 0.350 e. The van der Waals surface area contributed by atoms with Crippen LogP contribution in [0.4, 0.5) is 4.39 Å². The Bertz CT molecular complexity index is 1510. The highest BCUT2D eigenvalue weighted by molar-refractivity contribution is 5.79. The summed E-state index contributed by atoms with van der Waals surface area (Å²) in [4.78, 5) is 37.8. The molecule has 0 atom stereocenters. The molecule has 0 unspecified atom stereocenters. The van der Waals surface area contributed by atoms with Crippen LogP contribution in [0.25, 0.3) is 27.8 Å². The van der Waals surface area contributed by atoms with Gasteiger partial charge in [0.15, 0.2) is 0 Å². The van der Waals surface area contributed by atoms with Crippen molar-refractivity contribution in [3.05, 3.63) is 95.2 Å². The molecule has 2 aromatic carbocycles. The van der Waals surface area contributed by atoms with E-state index < -0.39 is 11.4 Å². The molecule has 5 rings (SSSR count). The number of rotatable bonds is 5. The minimum atomic E-state index is -0.529. The first-order valence-electron chi connectivity index (χ1n) is 9.87. The zero-order valence-electron chi connectivity index (χ0n) is 16.8. The molecule has 0 aliphatic carbocycles. The molecular formula is C23H17FN6O2. The lowest BCUT2D eigenvalue weighted by Crippen LogP contribution is -2.32. The summed E-state index contributed by atoms with van der Waals surface area (Å²) in [6, 6.07) is 15.3. The Kier molecular flexibility index (Phi) is 4.91. The van der Waals surface area contributed by atoms with Crippen molar-refractivity contribution in [3.63, 3.8) is 0 Å². The average molecular weight is 428 g/mol. The van der Waals surface area contributed by atoms with Crippen LogP contribution in [0.1, 0.15) is 5.56 Å². The van der Waals surface area contributed by atoms with Crippen LogP contribution in [0.3, 0.4) is 0 Å². The molecule has 1 amide bonds. The van der Waals surface area contributed by atoms with E-state index in [2.05, 4.69) is 20.3 Å². The van der Waals surface area contributed by atoms with E-state index in [0.29, 0.717) is 5.52 Å². The molecule has 8 nitrogen and oxygen atoms in total. The second kappa shape index (κ2) is 8.03. The number of carbonyl (C=O) groups excluding carboxylic acids is 1. The normalized spacial score (nSPS) is 11.2. The van der Waals surface area contributed by atoms with Gasteiger partial charge in [-0.15, -0.1) is 0 Å². The molecule has 0 saturated carbocycles. The Balaban J connectivity index is 1.26. The fourth-order valence-corrected chi connectivity index (χ4v) is 3.46. The molecule has 0 spiro atoms. The molecule has 0 radical (unpaired) electrons. The van der Waals surface area contributed by atoms with Crippen LogP contribution >= 0.6 is 0 Å². The zero-order valence-corrected chi connectivity index (χ0v) is 16.8. The number of imidazole rings is 1. The number of hydrogen-bond donors (Lipinski definition) is 1. The van der Waals surface area contributed by atoms with Crippen molar-refractivity contribution in [1.82, 2.24) is 29.4 Å². The average Bonchev–Trinajstić information content (AvgIpc) is 3.24. The second-order valence-corrected chi connectivity index (χ2v) is 7.24. The molecular weight excluding hydrogens is 411 g/mol. The van der Waals surface area contributed by atoms with Crippen LogP contribution in [0.2, 0.25) is 0 Å². The fourth-order valence-electron chi connectivity index (χ4n) is 3.46. The Morgan fingerprint density at radius 1 is 0.969 bits per heavy atom. The number of amides is 1. The van der Waals surface area contributed by atoms with E-state index in [9.17, 15) is 14.0 Å². The maximum absolute atomic E-state index is 13.4. The third-order valence-electron chi connectivity index (χ3n) is 5.10. The van der Waals surface area contributed by atoms with Gasteiger partial charge < -0.3 is 5.32 Å². The molecule has 9 heteroatoms. The summed E-state index contributed by atoms with van der Waals surface area (Å²) < 4.78 is 16.5. The van der Waals surface area contributed by atoms with Crippen LogP contribution in [0, 0.1) is 5.82 Å². The molecule has 3 aromatic heterocycles. The zero-order chi connectivity index (χ0) is 22.1. The standard InChI is InChI=1S/C23H17FN6O2/c24-16-6-7-18-17(9-16)23(32)29(13-27-18)12-22(31)26-11-15-5-8-21(25-10-15)30-14-28-19-3-1-2-4-20(19)30/h1-10,13-14H,11-12H2,(H,26,31). The lowest BCUT2D eigenvalue weighted by atomic mass is 10.2. The van der Waals surface area contributed by atoms with E-state index >= 15 is 0 Å². The van der Waals surface area contributed by atoms with E-state index in [-0.39, 0.29) is 24.4 Å². The SMILES string of the molecule is O=C(Cn1cnc2ccc(F)cc2c1=O)NCc1ccc(-n2cnc3ccccc32)nc1. The van der Waals surface area contributed by atoms with Crippen molar-refractivity contribution < 1.29 is 9.18 Å². The van der Waals surface area contributed by atoms with Crippen molar-refractivity contribution >= 4 is 27.8 Å². The summed E-state index contributed by atoms with van der Waals surface area (Å²) in [5.74, 6) is -0.178. The van der Waals surface area contributed by atoms with Crippen molar-refractivity contribution in [2.45, 2.75) is 13.1 Å². The Hall–Kier alpha value is -4.40.